The highest BCUT2D eigenvalue weighted by Gasteiger charge is 2.39. The van der Waals surface area contributed by atoms with Crippen molar-refractivity contribution in [3.63, 3.8) is 0 Å². The Kier molecular flexibility index (Phi) is 2.38. The zero-order chi connectivity index (χ0) is 11.8. The lowest BCUT2D eigenvalue weighted by molar-refractivity contribution is -0.142. The molecule has 0 aliphatic carbocycles. The maximum Gasteiger partial charge on any atom is 0.259 e. The molecule has 0 spiro atoms. The highest BCUT2D eigenvalue weighted by Crippen LogP contribution is 2.25. The van der Waals surface area contributed by atoms with Gasteiger partial charge in [-0.15, -0.1) is 5.10 Å². The van der Waals surface area contributed by atoms with Gasteiger partial charge in [0.2, 0.25) is 11.6 Å². The minimum absolute atomic E-state index is 0.157. The summed E-state index contributed by atoms with van der Waals surface area (Å²) in [5.41, 5.74) is -0.127. The largest absolute Gasteiger partial charge is 0.447 e. The first-order valence-corrected chi connectivity index (χ1v) is 5.00. The standard InChI is InChI=1S/C11H13N3O2/c1-8(15)14-11(2,3)16-10(13-14)9-6-4-5-7-12-9/h4-7H,1-3H3. The van der Waals surface area contributed by atoms with Gasteiger partial charge in [0.15, 0.2) is 0 Å². The van der Waals surface area contributed by atoms with Crippen LogP contribution < -0.4 is 0 Å². The summed E-state index contributed by atoms with van der Waals surface area (Å²) in [6.45, 7) is 5.03. The predicted octanol–water partition coefficient (Wildman–Crippen LogP) is 1.36. The van der Waals surface area contributed by atoms with Crippen molar-refractivity contribution in [3.8, 4) is 0 Å². The van der Waals surface area contributed by atoms with E-state index in [-0.39, 0.29) is 5.91 Å². The Morgan fingerprint density at radius 2 is 2.19 bits per heavy atom. The highest BCUT2D eigenvalue weighted by molar-refractivity contribution is 5.94. The van der Waals surface area contributed by atoms with Crippen molar-refractivity contribution in [2.45, 2.75) is 26.5 Å². The fraction of sp³-hybridized carbons (Fsp3) is 0.364. The van der Waals surface area contributed by atoms with Gasteiger partial charge in [0.1, 0.15) is 5.69 Å². The third-order valence-corrected chi connectivity index (χ3v) is 2.23. The summed E-state index contributed by atoms with van der Waals surface area (Å²) < 4.78 is 5.60. The van der Waals surface area contributed by atoms with Crippen LogP contribution in [-0.2, 0) is 9.53 Å². The molecule has 0 N–H and O–H groups in total. The fourth-order valence-electron chi connectivity index (χ4n) is 1.55. The molecule has 0 bridgehead atoms. The quantitative estimate of drug-likeness (QED) is 0.716. The normalized spacial score (nSPS) is 17.9. The van der Waals surface area contributed by atoms with Crippen molar-refractivity contribution in [2.24, 2.45) is 5.10 Å². The first-order chi connectivity index (χ1) is 7.50. The van der Waals surface area contributed by atoms with Gasteiger partial charge in [-0.25, -0.2) is 0 Å². The first-order valence-electron chi connectivity index (χ1n) is 5.00. The molecule has 2 rings (SSSR count). The van der Waals surface area contributed by atoms with Gasteiger partial charge in [-0.05, 0) is 26.0 Å². The van der Waals surface area contributed by atoms with Crippen LogP contribution in [0, 0.1) is 0 Å². The van der Waals surface area contributed by atoms with E-state index in [1.54, 1.807) is 26.1 Å². The van der Waals surface area contributed by atoms with E-state index < -0.39 is 5.72 Å². The second kappa shape index (κ2) is 3.59. The summed E-state index contributed by atoms with van der Waals surface area (Å²) in [5, 5.41) is 5.44. The molecule has 0 fully saturated rings. The molecule has 0 atom stereocenters. The number of carbonyl (C=O) groups excluding carboxylic acids is 1. The van der Waals surface area contributed by atoms with Gasteiger partial charge in [0.05, 0.1) is 0 Å². The Hall–Kier alpha value is -1.91. The van der Waals surface area contributed by atoms with E-state index in [1.807, 2.05) is 12.1 Å². The average molecular weight is 219 g/mol. The summed E-state index contributed by atoms with van der Waals surface area (Å²) >= 11 is 0. The first kappa shape index (κ1) is 10.6. The molecule has 0 saturated carbocycles. The van der Waals surface area contributed by atoms with E-state index in [4.69, 9.17) is 4.74 Å². The second-order valence-corrected chi connectivity index (χ2v) is 4.00. The molecule has 0 unspecified atom stereocenters. The predicted molar refractivity (Wildman–Crippen MR) is 58.5 cm³/mol. The Morgan fingerprint density at radius 3 is 2.69 bits per heavy atom. The fourth-order valence-corrected chi connectivity index (χ4v) is 1.55. The summed E-state index contributed by atoms with van der Waals surface area (Å²) in [7, 11) is 0. The molecule has 1 amide bonds. The molecule has 2 heterocycles. The van der Waals surface area contributed by atoms with Gasteiger partial charge in [0.25, 0.3) is 5.90 Å². The molecule has 0 radical (unpaired) electrons. The Balaban J connectivity index is 2.33. The third-order valence-electron chi connectivity index (χ3n) is 2.23. The molecule has 16 heavy (non-hydrogen) atoms. The number of rotatable bonds is 1. The Morgan fingerprint density at radius 1 is 1.44 bits per heavy atom. The topological polar surface area (TPSA) is 54.8 Å². The molecule has 0 aromatic carbocycles. The van der Waals surface area contributed by atoms with E-state index in [1.165, 1.54) is 11.9 Å². The molecule has 1 aromatic heterocycles. The maximum atomic E-state index is 11.4. The van der Waals surface area contributed by atoms with Crippen molar-refractivity contribution in [2.75, 3.05) is 0 Å². The molecule has 5 heteroatoms. The molecule has 84 valence electrons. The van der Waals surface area contributed by atoms with Crippen molar-refractivity contribution >= 4 is 11.8 Å². The van der Waals surface area contributed by atoms with Crippen LogP contribution in [0.3, 0.4) is 0 Å². The van der Waals surface area contributed by atoms with Crippen LogP contribution in [0.1, 0.15) is 26.5 Å². The van der Waals surface area contributed by atoms with E-state index in [0.717, 1.165) is 0 Å². The minimum Gasteiger partial charge on any atom is -0.447 e. The Labute approximate surface area is 93.7 Å². The number of ether oxygens (including phenoxy) is 1. The monoisotopic (exact) mass is 219 g/mol. The van der Waals surface area contributed by atoms with Crippen molar-refractivity contribution in [3.05, 3.63) is 30.1 Å². The SMILES string of the molecule is CC(=O)N1N=C(c2ccccn2)OC1(C)C. The number of pyridine rings is 1. The van der Waals surface area contributed by atoms with E-state index in [0.29, 0.717) is 11.6 Å². The minimum atomic E-state index is -0.751. The van der Waals surface area contributed by atoms with E-state index in [9.17, 15) is 4.79 Å². The van der Waals surface area contributed by atoms with Crippen LogP contribution >= 0.6 is 0 Å². The van der Waals surface area contributed by atoms with Gasteiger partial charge in [-0.1, -0.05) is 6.07 Å². The van der Waals surface area contributed by atoms with Gasteiger partial charge >= 0.3 is 0 Å². The number of nitrogens with zero attached hydrogens (tertiary/aromatic N) is 3. The summed E-state index contributed by atoms with van der Waals surface area (Å²) in [6.07, 6.45) is 1.66. The van der Waals surface area contributed by atoms with E-state index in [2.05, 4.69) is 10.1 Å². The molecule has 5 nitrogen and oxygen atoms in total. The average Bonchev–Trinajstić information content (AvgIpc) is 2.56. The summed E-state index contributed by atoms with van der Waals surface area (Å²) in [4.78, 5) is 15.5. The number of hydrazone groups is 1. The summed E-state index contributed by atoms with van der Waals surface area (Å²) in [5.74, 6) is 0.219. The maximum absolute atomic E-state index is 11.4. The number of hydrogen-bond donors (Lipinski definition) is 0. The molecular formula is C11H13N3O2. The third kappa shape index (κ3) is 1.76. The number of carbonyl (C=O) groups is 1. The van der Waals surface area contributed by atoms with Crippen LogP contribution in [0.15, 0.2) is 29.5 Å². The lowest BCUT2D eigenvalue weighted by atomic mass is 10.3. The second-order valence-electron chi connectivity index (χ2n) is 4.00. The lowest BCUT2D eigenvalue weighted by Crippen LogP contribution is -2.41. The van der Waals surface area contributed by atoms with Gasteiger partial charge in [-0.3, -0.25) is 9.78 Å². The number of aromatic nitrogens is 1. The molecule has 1 aliphatic rings. The van der Waals surface area contributed by atoms with Crippen LogP contribution in [-0.4, -0.2) is 27.5 Å². The van der Waals surface area contributed by atoms with Crippen molar-refractivity contribution in [1.82, 2.24) is 9.99 Å². The van der Waals surface area contributed by atoms with Crippen LogP contribution in [0.5, 0.6) is 0 Å². The lowest BCUT2D eigenvalue weighted by Gasteiger charge is -2.25. The van der Waals surface area contributed by atoms with Crippen molar-refractivity contribution < 1.29 is 9.53 Å². The molecule has 1 aliphatic heterocycles. The van der Waals surface area contributed by atoms with E-state index >= 15 is 0 Å². The highest BCUT2D eigenvalue weighted by atomic mass is 16.6. The van der Waals surface area contributed by atoms with Gasteiger partial charge in [-0.2, -0.15) is 5.01 Å². The summed E-state index contributed by atoms with van der Waals surface area (Å²) in [6, 6.07) is 5.45. The number of amides is 1. The zero-order valence-corrected chi connectivity index (χ0v) is 9.47. The molecular weight excluding hydrogens is 206 g/mol. The van der Waals surface area contributed by atoms with Gasteiger partial charge in [0, 0.05) is 13.1 Å². The molecule has 0 saturated heterocycles. The van der Waals surface area contributed by atoms with Crippen LogP contribution in [0.25, 0.3) is 0 Å². The molecule has 1 aromatic rings. The Bertz CT molecular complexity index is 440. The van der Waals surface area contributed by atoms with Gasteiger partial charge < -0.3 is 4.74 Å². The zero-order valence-electron chi connectivity index (χ0n) is 9.47. The smallest absolute Gasteiger partial charge is 0.259 e. The van der Waals surface area contributed by atoms with Crippen LogP contribution in [0.2, 0.25) is 0 Å². The number of hydrogen-bond acceptors (Lipinski definition) is 4. The van der Waals surface area contributed by atoms with Crippen molar-refractivity contribution in [1.29, 1.82) is 0 Å². The van der Waals surface area contributed by atoms with Crippen LogP contribution in [0.4, 0.5) is 0 Å².